The van der Waals surface area contributed by atoms with E-state index in [1.54, 1.807) is 0 Å². The van der Waals surface area contributed by atoms with Crippen molar-refractivity contribution >= 4 is 5.91 Å². The van der Waals surface area contributed by atoms with Crippen LogP contribution in [0.1, 0.15) is 47.7 Å². The second-order valence-corrected chi connectivity index (χ2v) is 7.29. The van der Waals surface area contributed by atoms with E-state index in [9.17, 15) is 4.79 Å². The standard InChI is InChI=1S/C21H30N4O/c1-16-20(17(2)24-23-16)8-9-21(26)22-12-15-25-13-10-19(11-14-25)18-6-4-3-5-7-18/h3-7,19H,8-15H2,1-2H3,(H,22,26)(H,23,24). The van der Waals surface area contributed by atoms with Crippen LogP contribution in [0, 0.1) is 13.8 Å². The number of aryl methyl sites for hydroxylation is 2. The largest absolute Gasteiger partial charge is 0.355 e. The molecule has 26 heavy (non-hydrogen) atoms. The Hall–Kier alpha value is -2.14. The second-order valence-electron chi connectivity index (χ2n) is 7.29. The number of hydrogen-bond acceptors (Lipinski definition) is 3. The fourth-order valence-electron chi connectivity index (χ4n) is 3.84. The molecule has 0 aliphatic carbocycles. The fourth-order valence-corrected chi connectivity index (χ4v) is 3.84. The number of hydrogen-bond donors (Lipinski definition) is 2. The average molecular weight is 354 g/mol. The number of aromatic nitrogens is 2. The first-order valence-corrected chi connectivity index (χ1v) is 9.68. The lowest BCUT2D eigenvalue weighted by Crippen LogP contribution is -2.39. The molecule has 5 heteroatoms. The summed E-state index contributed by atoms with van der Waals surface area (Å²) < 4.78 is 0. The lowest BCUT2D eigenvalue weighted by Gasteiger charge is -2.32. The van der Waals surface area contributed by atoms with E-state index in [4.69, 9.17) is 0 Å². The van der Waals surface area contributed by atoms with Gasteiger partial charge < -0.3 is 10.2 Å². The van der Waals surface area contributed by atoms with Crippen LogP contribution < -0.4 is 5.32 Å². The number of benzene rings is 1. The Balaban J connectivity index is 1.32. The van der Waals surface area contributed by atoms with Crippen LogP contribution in [0.15, 0.2) is 30.3 Å². The quantitative estimate of drug-likeness (QED) is 0.804. The molecule has 0 unspecified atom stereocenters. The topological polar surface area (TPSA) is 61.0 Å². The predicted octanol–water partition coefficient (Wildman–Crippen LogP) is 2.95. The zero-order valence-electron chi connectivity index (χ0n) is 15.9. The van der Waals surface area contributed by atoms with Crippen molar-refractivity contribution in [3.05, 3.63) is 52.8 Å². The normalized spacial score (nSPS) is 15.9. The van der Waals surface area contributed by atoms with Gasteiger partial charge in [-0.25, -0.2) is 0 Å². The summed E-state index contributed by atoms with van der Waals surface area (Å²) in [5, 5.41) is 10.2. The first kappa shape index (κ1) is 18.6. The van der Waals surface area contributed by atoms with Gasteiger partial charge in [-0.3, -0.25) is 9.89 Å². The Morgan fingerprint density at radius 1 is 1.23 bits per heavy atom. The fraction of sp³-hybridized carbons (Fsp3) is 0.524. The van der Waals surface area contributed by atoms with E-state index in [-0.39, 0.29) is 5.91 Å². The Bertz CT molecular complexity index is 683. The predicted molar refractivity (Wildman–Crippen MR) is 104 cm³/mol. The highest BCUT2D eigenvalue weighted by atomic mass is 16.1. The minimum absolute atomic E-state index is 0.129. The third-order valence-electron chi connectivity index (χ3n) is 5.49. The molecule has 1 aromatic carbocycles. The maximum atomic E-state index is 12.1. The summed E-state index contributed by atoms with van der Waals surface area (Å²) in [6.45, 7) is 7.89. The van der Waals surface area contributed by atoms with Gasteiger partial charge in [-0.1, -0.05) is 30.3 Å². The van der Waals surface area contributed by atoms with Crippen molar-refractivity contribution in [3.8, 4) is 0 Å². The maximum absolute atomic E-state index is 12.1. The molecule has 1 saturated heterocycles. The van der Waals surface area contributed by atoms with E-state index in [1.165, 1.54) is 24.0 Å². The highest BCUT2D eigenvalue weighted by molar-refractivity contribution is 5.76. The van der Waals surface area contributed by atoms with Crippen molar-refractivity contribution in [2.45, 2.75) is 45.4 Å². The zero-order valence-corrected chi connectivity index (χ0v) is 15.9. The van der Waals surface area contributed by atoms with E-state index >= 15 is 0 Å². The van der Waals surface area contributed by atoms with Gasteiger partial charge in [-0.2, -0.15) is 5.10 Å². The highest BCUT2D eigenvalue weighted by Gasteiger charge is 2.20. The van der Waals surface area contributed by atoms with Gasteiger partial charge in [0, 0.05) is 25.2 Å². The van der Waals surface area contributed by atoms with Gasteiger partial charge in [0.25, 0.3) is 0 Å². The first-order chi connectivity index (χ1) is 12.6. The summed E-state index contributed by atoms with van der Waals surface area (Å²) in [5.41, 5.74) is 4.70. The molecule has 1 aliphatic rings. The molecule has 5 nitrogen and oxygen atoms in total. The van der Waals surface area contributed by atoms with E-state index in [2.05, 4.69) is 50.7 Å². The molecule has 1 amide bonds. The SMILES string of the molecule is Cc1n[nH]c(C)c1CCC(=O)NCCN1CCC(c2ccccc2)CC1. The lowest BCUT2D eigenvalue weighted by atomic mass is 9.89. The third kappa shape index (κ3) is 4.94. The minimum atomic E-state index is 0.129. The molecule has 0 radical (unpaired) electrons. The molecule has 2 heterocycles. The van der Waals surface area contributed by atoms with Gasteiger partial charge in [0.15, 0.2) is 0 Å². The molecular weight excluding hydrogens is 324 g/mol. The number of nitrogens with one attached hydrogen (secondary N) is 2. The number of amides is 1. The number of H-pyrrole nitrogens is 1. The van der Waals surface area contributed by atoms with Crippen molar-refractivity contribution in [2.75, 3.05) is 26.2 Å². The Morgan fingerprint density at radius 2 is 1.96 bits per heavy atom. The van der Waals surface area contributed by atoms with E-state index < -0.39 is 0 Å². The van der Waals surface area contributed by atoms with Gasteiger partial charge in [0.1, 0.15) is 0 Å². The van der Waals surface area contributed by atoms with Gasteiger partial charge in [0.2, 0.25) is 5.91 Å². The smallest absolute Gasteiger partial charge is 0.220 e. The Labute approximate surface area is 156 Å². The van der Waals surface area contributed by atoms with Crippen LogP contribution >= 0.6 is 0 Å². The summed E-state index contributed by atoms with van der Waals surface area (Å²) in [7, 11) is 0. The molecule has 0 saturated carbocycles. The van der Waals surface area contributed by atoms with Crippen LogP contribution in [0.3, 0.4) is 0 Å². The van der Waals surface area contributed by atoms with E-state index in [0.29, 0.717) is 12.3 Å². The number of rotatable bonds is 7. The monoisotopic (exact) mass is 354 g/mol. The van der Waals surface area contributed by atoms with Crippen molar-refractivity contribution in [1.29, 1.82) is 0 Å². The highest BCUT2D eigenvalue weighted by Crippen LogP contribution is 2.27. The van der Waals surface area contributed by atoms with E-state index in [0.717, 1.165) is 44.0 Å². The van der Waals surface area contributed by atoms with Gasteiger partial charge in [0.05, 0.1) is 5.69 Å². The van der Waals surface area contributed by atoms with Crippen LogP contribution in [0.25, 0.3) is 0 Å². The number of carbonyl (C=O) groups excluding carboxylic acids is 1. The number of nitrogens with zero attached hydrogens (tertiary/aromatic N) is 2. The molecular formula is C21H30N4O. The van der Waals surface area contributed by atoms with Crippen LogP contribution in [0.5, 0.6) is 0 Å². The van der Waals surface area contributed by atoms with Crippen molar-refractivity contribution in [2.24, 2.45) is 0 Å². The van der Waals surface area contributed by atoms with Crippen LogP contribution in [-0.4, -0.2) is 47.2 Å². The van der Waals surface area contributed by atoms with Crippen LogP contribution in [-0.2, 0) is 11.2 Å². The van der Waals surface area contributed by atoms with Crippen LogP contribution in [0.4, 0.5) is 0 Å². The molecule has 0 spiro atoms. The second kappa shape index (κ2) is 8.99. The molecule has 0 bridgehead atoms. The first-order valence-electron chi connectivity index (χ1n) is 9.68. The molecule has 1 fully saturated rings. The minimum Gasteiger partial charge on any atom is -0.355 e. The molecule has 1 aromatic heterocycles. The van der Waals surface area contributed by atoms with Gasteiger partial charge in [-0.15, -0.1) is 0 Å². The summed E-state index contributed by atoms with van der Waals surface area (Å²) in [5.74, 6) is 0.813. The molecule has 2 N–H and O–H groups in total. The number of aromatic amines is 1. The summed E-state index contributed by atoms with van der Waals surface area (Å²) in [6, 6.07) is 10.8. The average Bonchev–Trinajstić information content (AvgIpc) is 2.99. The lowest BCUT2D eigenvalue weighted by molar-refractivity contribution is -0.121. The van der Waals surface area contributed by atoms with Gasteiger partial charge >= 0.3 is 0 Å². The summed E-state index contributed by atoms with van der Waals surface area (Å²) >= 11 is 0. The summed E-state index contributed by atoms with van der Waals surface area (Å²) in [6.07, 6.45) is 3.69. The van der Waals surface area contributed by atoms with Crippen molar-refractivity contribution in [1.82, 2.24) is 20.4 Å². The Kier molecular flexibility index (Phi) is 6.45. The van der Waals surface area contributed by atoms with Crippen LogP contribution in [0.2, 0.25) is 0 Å². The van der Waals surface area contributed by atoms with Crippen molar-refractivity contribution < 1.29 is 4.79 Å². The zero-order chi connectivity index (χ0) is 18.4. The molecule has 2 aromatic rings. The summed E-state index contributed by atoms with van der Waals surface area (Å²) in [4.78, 5) is 14.5. The molecule has 1 aliphatic heterocycles. The Morgan fingerprint density at radius 3 is 2.62 bits per heavy atom. The molecule has 0 atom stereocenters. The van der Waals surface area contributed by atoms with Crippen molar-refractivity contribution in [3.63, 3.8) is 0 Å². The molecule has 140 valence electrons. The molecule has 3 rings (SSSR count). The van der Waals surface area contributed by atoms with Gasteiger partial charge in [-0.05, 0) is 63.2 Å². The maximum Gasteiger partial charge on any atom is 0.220 e. The third-order valence-corrected chi connectivity index (χ3v) is 5.49. The number of likely N-dealkylation sites (tertiary alicyclic amines) is 1. The van der Waals surface area contributed by atoms with E-state index in [1.807, 2.05) is 13.8 Å². The number of carbonyl (C=O) groups is 1. The number of piperidine rings is 1.